The molecule has 1 aromatic carbocycles. The largest absolute Gasteiger partial charge is 0.399 e. The number of nitrogens with zero attached hydrogens (tertiary/aromatic N) is 2. The quantitative estimate of drug-likeness (QED) is 0.831. The van der Waals surface area contributed by atoms with Crippen molar-refractivity contribution in [2.75, 3.05) is 12.8 Å². The first-order valence-corrected chi connectivity index (χ1v) is 6.42. The van der Waals surface area contributed by atoms with E-state index in [0.29, 0.717) is 17.3 Å². The van der Waals surface area contributed by atoms with Gasteiger partial charge in [0, 0.05) is 24.2 Å². The molecule has 5 nitrogen and oxygen atoms in total. The van der Waals surface area contributed by atoms with Gasteiger partial charge in [-0.3, -0.25) is 9.89 Å². The van der Waals surface area contributed by atoms with E-state index in [4.69, 9.17) is 5.73 Å². The number of carbonyl (C=O) groups is 1. The van der Waals surface area contributed by atoms with Crippen LogP contribution in [0, 0.1) is 5.92 Å². The van der Waals surface area contributed by atoms with Crippen molar-refractivity contribution in [3.05, 3.63) is 23.9 Å². The van der Waals surface area contributed by atoms with E-state index in [0.717, 1.165) is 10.9 Å². The zero-order chi connectivity index (χ0) is 14.2. The second-order valence-electron chi connectivity index (χ2n) is 5.28. The number of hydrogen-bond acceptors (Lipinski definition) is 3. The molecule has 0 saturated carbocycles. The van der Waals surface area contributed by atoms with Crippen molar-refractivity contribution in [2.45, 2.75) is 26.8 Å². The molecule has 1 amide bonds. The lowest BCUT2D eigenvalue weighted by molar-refractivity contribution is 0.0703. The molecule has 19 heavy (non-hydrogen) atoms. The Hall–Kier alpha value is -2.04. The summed E-state index contributed by atoms with van der Waals surface area (Å²) in [6.45, 7) is 6.22. The Morgan fingerprint density at radius 1 is 1.37 bits per heavy atom. The van der Waals surface area contributed by atoms with Gasteiger partial charge in [-0.2, -0.15) is 5.10 Å². The minimum absolute atomic E-state index is 0.0851. The van der Waals surface area contributed by atoms with E-state index in [2.05, 4.69) is 24.0 Å². The van der Waals surface area contributed by atoms with Gasteiger partial charge in [-0.05, 0) is 31.0 Å². The maximum atomic E-state index is 12.5. The number of H-pyrrole nitrogens is 1. The summed E-state index contributed by atoms with van der Waals surface area (Å²) in [5.74, 6) is 0.308. The van der Waals surface area contributed by atoms with E-state index >= 15 is 0 Å². The van der Waals surface area contributed by atoms with Gasteiger partial charge in [0.1, 0.15) is 0 Å². The molecule has 1 atom stereocenters. The zero-order valence-corrected chi connectivity index (χ0v) is 11.8. The van der Waals surface area contributed by atoms with Crippen LogP contribution >= 0.6 is 0 Å². The van der Waals surface area contributed by atoms with Gasteiger partial charge in [-0.25, -0.2) is 0 Å². The molecule has 1 aromatic heterocycles. The highest BCUT2D eigenvalue weighted by molar-refractivity contribution is 6.05. The van der Waals surface area contributed by atoms with Gasteiger partial charge in [0.15, 0.2) is 5.69 Å². The smallest absolute Gasteiger partial charge is 0.274 e. The Morgan fingerprint density at radius 3 is 2.68 bits per heavy atom. The molecule has 0 saturated heterocycles. The standard InChI is InChI=1S/C14H20N4O/c1-8(2)9(3)18(4)14(19)13-11-7-10(15)5-6-12(11)16-17-13/h5-9H,15H2,1-4H3,(H,16,17). The van der Waals surface area contributed by atoms with Crippen LogP contribution in [0.2, 0.25) is 0 Å². The number of nitrogen functional groups attached to an aromatic ring is 1. The number of rotatable bonds is 3. The van der Waals surface area contributed by atoms with Crippen LogP contribution in [0.1, 0.15) is 31.3 Å². The SMILES string of the molecule is CC(C)C(C)N(C)C(=O)c1n[nH]c2ccc(N)cc12. The molecule has 102 valence electrons. The lowest BCUT2D eigenvalue weighted by atomic mass is 10.0. The van der Waals surface area contributed by atoms with Crippen molar-refractivity contribution in [2.24, 2.45) is 5.92 Å². The number of aromatic amines is 1. The molecular weight excluding hydrogens is 240 g/mol. The molecule has 1 unspecified atom stereocenters. The highest BCUT2D eigenvalue weighted by Gasteiger charge is 2.23. The number of fused-ring (bicyclic) bond motifs is 1. The highest BCUT2D eigenvalue weighted by Crippen LogP contribution is 2.21. The summed E-state index contributed by atoms with van der Waals surface area (Å²) in [4.78, 5) is 14.2. The molecule has 0 aliphatic heterocycles. The molecule has 5 heteroatoms. The monoisotopic (exact) mass is 260 g/mol. The number of nitrogens with two attached hydrogens (primary N) is 1. The third-order valence-corrected chi connectivity index (χ3v) is 3.69. The fourth-order valence-corrected chi connectivity index (χ4v) is 1.99. The summed E-state index contributed by atoms with van der Waals surface area (Å²) in [7, 11) is 1.81. The summed E-state index contributed by atoms with van der Waals surface area (Å²) in [5, 5.41) is 7.76. The van der Waals surface area contributed by atoms with Gasteiger partial charge in [0.05, 0.1) is 5.52 Å². The van der Waals surface area contributed by atoms with Crippen LogP contribution in [0.25, 0.3) is 10.9 Å². The predicted molar refractivity (Wildman–Crippen MR) is 76.9 cm³/mol. The van der Waals surface area contributed by atoms with E-state index in [1.54, 1.807) is 24.1 Å². The molecule has 0 fully saturated rings. The number of aromatic nitrogens is 2. The molecule has 0 aliphatic carbocycles. The average Bonchev–Trinajstić information content (AvgIpc) is 2.78. The number of anilines is 1. The summed E-state index contributed by atoms with van der Waals surface area (Å²) < 4.78 is 0. The van der Waals surface area contributed by atoms with Crippen LogP contribution in [-0.2, 0) is 0 Å². The van der Waals surface area contributed by atoms with Gasteiger partial charge < -0.3 is 10.6 Å². The molecule has 0 aliphatic rings. The van der Waals surface area contributed by atoms with Crippen molar-refractivity contribution >= 4 is 22.5 Å². The summed E-state index contributed by atoms with van der Waals surface area (Å²) in [5.41, 5.74) is 7.65. The fraction of sp³-hybridized carbons (Fsp3) is 0.429. The number of amides is 1. The average molecular weight is 260 g/mol. The van der Waals surface area contributed by atoms with Crippen LogP contribution < -0.4 is 5.73 Å². The third kappa shape index (κ3) is 2.41. The molecular formula is C14H20N4O. The first-order valence-electron chi connectivity index (χ1n) is 6.42. The van der Waals surface area contributed by atoms with E-state index in [1.165, 1.54) is 0 Å². The molecule has 0 radical (unpaired) electrons. The van der Waals surface area contributed by atoms with E-state index in [9.17, 15) is 4.79 Å². The first-order chi connectivity index (χ1) is 8.91. The van der Waals surface area contributed by atoms with Gasteiger partial charge >= 0.3 is 0 Å². The molecule has 0 bridgehead atoms. The Kier molecular flexibility index (Phi) is 3.46. The molecule has 1 heterocycles. The van der Waals surface area contributed by atoms with Crippen molar-refractivity contribution in [1.82, 2.24) is 15.1 Å². The Morgan fingerprint density at radius 2 is 2.05 bits per heavy atom. The Labute approximate surface area is 112 Å². The van der Waals surface area contributed by atoms with Crippen molar-refractivity contribution in [3.63, 3.8) is 0 Å². The number of nitrogens with one attached hydrogen (secondary N) is 1. The number of benzene rings is 1. The molecule has 3 N–H and O–H groups in total. The third-order valence-electron chi connectivity index (χ3n) is 3.69. The van der Waals surface area contributed by atoms with Crippen LogP contribution in [0.3, 0.4) is 0 Å². The fourth-order valence-electron chi connectivity index (χ4n) is 1.99. The Balaban J connectivity index is 2.39. The molecule has 0 spiro atoms. The van der Waals surface area contributed by atoms with Crippen LogP contribution in [-0.4, -0.2) is 34.1 Å². The Bertz CT molecular complexity index is 603. The maximum Gasteiger partial charge on any atom is 0.274 e. The minimum Gasteiger partial charge on any atom is -0.399 e. The normalized spacial score (nSPS) is 12.9. The van der Waals surface area contributed by atoms with E-state index in [-0.39, 0.29) is 11.9 Å². The van der Waals surface area contributed by atoms with E-state index < -0.39 is 0 Å². The topological polar surface area (TPSA) is 75.0 Å². The molecule has 2 aromatic rings. The minimum atomic E-state index is -0.0851. The summed E-state index contributed by atoms with van der Waals surface area (Å²) >= 11 is 0. The van der Waals surface area contributed by atoms with Gasteiger partial charge in [-0.15, -0.1) is 0 Å². The van der Waals surface area contributed by atoms with Crippen LogP contribution in [0.5, 0.6) is 0 Å². The van der Waals surface area contributed by atoms with E-state index in [1.807, 2.05) is 13.0 Å². The molecule has 2 rings (SSSR count). The summed E-state index contributed by atoms with van der Waals surface area (Å²) in [6, 6.07) is 5.55. The first kappa shape index (κ1) is 13.4. The second-order valence-corrected chi connectivity index (χ2v) is 5.28. The second kappa shape index (κ2) is 4.91. The highest BCUT2D eigenvalue weighted by atomic mass is 16.2. The van der Waals surface area contributed by atoms with Crippen molar-refractivity contribution in [1.29, 1.82) is 0 Å². The predicted octanol–water partition coefficient (Wildman–Crippen LogP) is 2.26. The lowest BCUT2D eigenvalue weighted by Crippen LogP contribution is -2.38. The van der Waals surface area contributed by atoms with Crippen LogP contribution in [0.15, 0.2) is 18.2 Å². The van der Waals surface area contributed by atoms with Gasteiger partial charge in [0.2, 0.25) is 0 Å². The summed E-state index contributed by atoms with van der Waals surface area (Å²) in [6.07, 6.45) is 0. The zero-order valence-electron chi connectivity index (χ0n) is 11.8. The number of hydrogen-bond donors (Lipinski definition) is 2. The maximum absolute atomic E-state index is 12.5. The van der Waals surface area contributed by atoms with Crippen LogP contribution in [0.4, 0.5) is 5.69 Å². The van der Waals surface area contributed by atoms with Crippen molar-refractivity contribution in [3.8, 4) is 0 Å². The van der Waals surface area contributed by atoms with Gasteiger partial charge in [-0.1, -0.05) is 13.8 Å². The van der Waals surface area contributed by atoms with Gasteiger partial charge in [0.25, 0.3) is 5.91 Å². The number of carbonyl (C=O) groups excluding carboxylic acids is 1. The van der Waals surface area contributed by atoms with Crippen molar-refractivity contribution < 1.29 is 4.79 Å². The lowest BCUT2D eigenvalue weighted by Gasteiger charge is -2.27.